The van der Waals surface area contributed by atoms with E-state index in [9.17, 15) is 4.79 Å². The molecule has 2 N–H and O–H groups in total. The van der Waals surface area contributed by atoms with Gasteiger partial charge in [0.1, 0.15) is 12.0 Å². The first-order valence-electron chi connectivity index (χ1n) is 6.66. The summed E-state index contributed by atoms with van der Waals surface area (Å²) in [4.78, 5) is 16.4. The third kappa shape index (κ3) is 2.03. The summed E-state index contributed by atoms with van der Waals surface area (Å²) in [7, 11) is 0. The van der Waals surface area contributed by atoms with Gasteiger partial charge in [-0.2, -0.15) is 0 Å². The number of aryl methyl sites for hydroxylation is 3. The zero-order valence-corrected chi connectivity index (χ0v) is 11.8. The van der Waals surface area contributed by atoms with Crippen LogP contribution in [0.15, 0.2) is 30.5 Å². The maximum Gasteiger partial charge on any atom is 0.256 e. The lowest BCUT2D eigenvalue weighted by atomic mass is 9.98. The lowest BCUT2D eigenvalue weighted by Gasteiger charge is -2.28. The van der Waals surface area contributed by atoms with Crippen molar-refractivity contribution in [3.63, 3.8) is 0 Å². The number of hydrogen-bond acceptors (Lipinski definition) is 3. The molecular weight excluding hydrogens is 250 g/mol. The quantitative estimate of drug-likeness (QED) is 0.835. The van der Waals surface area contributed by atoms with Crippen LogP contribution in [-0.4, -0.2) is 10.9 Å². The number of carbonyl (C=O) groups is 1. The van der Waals surface area contributed by atoms with Crippen molar-refractivity contribution < 1.29 is 4.79 Å². The number of nitrogens with zero attached hydrogens (tertiary/aromatic N) is 1. The molecule has 1 unspecified atom stereocenters. The molecule has 4 nitrogen and oxygen atoms in total. The standard InChI is InChI=1S/C16H17N3O/c1-9-7-11(3)13(8-10(9)2)15-18-14-12(16(20)19-15)5-4-6-17-14/h4-8,15H,1-3H3,(H,17,18)(H,19,20). The molecule has 2 aromatic rings. The number of rotatable bonds is 1. The van der Waals surface area contributed by atoms with Crippen LogP contribution in [-0.2, 0) is 0 Å². The number of hydrogen-bond donors (Lipinski definition) is 2. The van der Waals surface area contributed by atoms with E-state index in [4.69, 9.17) is 0 Å². The average molecular weight is 267 g/mol. The van der Waals surface area contributed by atoms with Crippen LogP contribution < -0.4 is 10.6 Å². The lowest BCUT2D eigenvalue weighted by molar-refractivity contribution is 0.0935. The van der Waals surface area contributed by atoms with Crippen LogP contribution >= 0.6 is 0 Å². The van der Waals surface area contributed by atoms with Gasteiger partial charge in [0.2, 0.25) is 0 Å². The van der Waals surface area contributed by atoms with Crippen molar-refractivity contribution in [3.8, 4) is 0 Å². The van der Waals surface area contributed by atoms with E-state index in [2.05, 4.69) is 48.5 Å². The van der Waals surface area contributed by atoms with E-state index >= 15 is 0 Å². The van der Waals surface area contributed by atoms with Gasteiger partial charge in [0.25, 0.3) is 5.91 Å². The van der Waals surface area contributed by atoms with Crippen LogP contribution in [0.1, 0.15) is 38.8 Å². The second kappa shape index (κ2) is 4.63. The van der Waals surface area contributed by atoms with Crippen molar-refractivity contribution in [2.75, 3.05) is 5.32 Å². The van der Waals surface area contributed by atoms with Crippen LogP contribution in [0.4, 0.5) is 5.82 Å². The van der Waals surface area contributed by atoms with Crippen LogP contribution in [0.2, 0.25) is 0 Å². The number of pyridine rings is 1. The summed E-state index contributed by atoms with van der Waals surface area (Å²) >= 11 is 0. The van der Waals surface area contributed by atoms with Gasteiger partial charge < -0.3 is 10.6 Å². The number of aromatic nitrogens is 1. The Labute approximate surface area is 118 Å². The Hall–Kier alpha value is -2.36. The van der Waals surface area contributed by atoms with Gasteiger partial charge in [0.05, 0.1) is 5.56 Å². The second-order valence-electron chi connectivity index (χ2n) is 5.24. The summed E-state index contributed by atoms with van der Waals surface area (Å²) in [6, 6.07) is 7.80. The van der Waals surface area contributed by atoms with Crippen molar-refractivity contribution in [2.24, 2.45) is 0 Å². The molecule has 1 amide bonds. The minimum Gasteiger partial charge on any atom is -0.346 e. The maximum atomic E-state index is 12.1. The highest BCUT2D eigenvalue weighted by molar-refractivity contribution is 6.00. The fourth-order valence-corrected chi connectivity index (χ4v) is 2.53. The van der Waals surface area contributed by atoms with Crippen molar-refractivity contribution in [2.45, 2.75) is 26.9 Å². The van der Waals surface area contributed by atoms with Gasteiger partial charge in [-0.25, -0.2) is 4.98 Å². The molecule has 0 saturated heterocycles. The van der Waals surface area contributed by atoms with Gasteiger partial charge in [0, 0.05) is 6.20 Å². The number of carbonyl (C=O) groups excluding carboxylic acids is 1. The number of nitrogens with one attached hydrogen (secondary N) is 2. The fraction of sp³-hybridized carbons (Fsp3) is 0.250. The number of benzene rings is 1. The minimum atomic E-state index is -0.232. The molecule has 0 spiro atoms. The lowest BCUT2D eigenvalue weighted by Crippen LogP contribution is -2.39. The molecule has 4 heteroatoms. The van der Waals surface area contributed by atoms with Crippen molar-refractivity contribution >= 4 is 11.7 Å². The van der Waals surface area contributed by atoms with Gasteiger partial charge >= 0.3 is 0 Å². The Balaban J connectivity index is 2.02. The van der Waals surface area contributed by atoms with E-state index in [0.717, 1.165) is 11.1 Å². The molecule has 1 aliphatic rings. The van der Waals surface area contributed by atoms with E-state index in [-0.39, 0.29) is 12.1 Å². The Morgan fingerprint density at radius 3 is 2.60 bits per heavy atom. The zero-order valence-electron chi connectivity index (χ0n) is 11.8. The van der Waals surface area contributed by atoms with E-state index in [1.54, 1.807) is 18.3 Å². The molecule has 0 bridgehead atoms. The molecule has 0 fully saturated rings. The van der Waals surface area contributed by atoms with Crippen LogP contribution in [0.5, 0.6) is 0 Å². The molecule has 1 aliphatic heterocycles. The topological polar surface area (TPSA) is 54.0 Å². The third-order valence-corrected chi connectivity index (χ3v) is 3.80. The molecule has 0 saturated carbocycles. The largest absolute Gasteiger partial charge is 0.346 e. The van der Waals surface area contributed by atoms with Crippen molar-refractivity contribution in [1.82, 2.24) is 10.3 Å². The SMILES string of the molecule is Cc1cc(C)c(C2NC(=O)c3cccnc3N2)cc1C. The van der Waals surface area contributed by atoms with E-state index in [0.29, 0.717) is 11.4 Å². The molecule has 0 aliphatic carbocycles. The third-order valence-electron chi connectivity index (χ3n) is 3.80. The predicted molar refractivity (Wildman–Crippen MR) is 78.7 cm³/mol. The normalized spacial score (nSPS) is 17.1. The molecule has 102 valence electrons. The molecule has 1 aromatic carbocycles. The first kappa shape index (κ1) is 12.7. The molecule has 20 heavy (non-hydrogen) atoms. The molecule has 2 heterocycles. The Morgan fingerprint density at radius 2 is 1.80 bits per heavy atom. The number of fused-ring (bicyclic) bond motifs is 1. The summed E-state index contributed by atoms with van der Waals surface area (Å²) in [5, 5.41) is 6.27. The smallest absolute Gasteiger partial charge is 0.256 e. The average Bonchev–Trinajstić information content (AvgIpc) is 2.43. The number of anilines is 1. The fourth-order valence-electron chi connectivity index (χ4n) is 2.53. The molecular formula is C16H17N3O. The minimum absolute atomic E-state index is 0.0884. The van der Waals surface area contributed by atoms with Gasteiger partial charge in [-0.05, 0) is 55.2 Å². The molecule has 1 atom stereocenters. The summed E-state index contributed by atoms with van der Waals surface area (Å²) in [5.74, 6) is 0.549. The highest BCUT2D eigenvalue weighted by Crippen LogP contribution is 2.27. The highest BCUT2D eigenvalue weighted by Gasteiger charge is 2.26. The first-order valence-corrected chi connectivity index (χ1v) is 6.66. The molecule has 3 rings (SSSR count). The van der Waals surface area contributed by atoms with Crippen molar-refractivity contribution in [1.29, 1.82) is 0 Å². The van der Waals surface area contributed by atoms with Gasteiger partial charge in [-0.15, -0.1) is 0 Å². The summed E-state index contributed by atoms with van der Waals surface area (Å²) in [6.07, 6.45) is 1.46. The van der Waals surface area contributed by atoms with Crippen LogP contribution in [0.25, 0.3) is 0 Å². The van der Waals surface area contributed by atoms with Gasteiger partial charge in [0.15, 0.2) is 0 Å². The molecule has 0 radical (unpaired) electrons. The van der Waals surface area contributed by atoms with Crippen LogP contribution in [0.3, 0.4) is 0 Å². The van der Waals surface area contributed by atoms with Gasteiger partial charge in [-0.3, -0.25) is 4.79 Å². The van der Waals surface area contributed by atoms with Gasteiger partial charge in [-0.1, -0.05) is 12.1 Å². The van der Waals surface area contributed by atoms with E-state index in [1.165, 1.54) is 11.1 Å². The maximum absolute atomic E-state index is 12.1. The first-order chi connectivity index (χ1) is 9.56. The van der Waals surface area contributed by atoms with E-state index in [1.807, 2.05) is 0 Å². The number of amides is 1. The Bertz CT molecular complexity index is 694. The summed E-state index contributed by atoms with van der Waals surface area (Å²) < 4.78 is 0. The summed E-state index contributed by atoms with van der Waals surface area (Å²) in [5.41, 5.74) is 5.30. The predicted octanol–water partition coefficient (Wildman–Crippen LogP) is 2.86. The Morgan fingerprint density at radius 1 is 1.05 bits per heavy atom. The second-order valence-corrected chi connectivity index (χ2v) is 5.24. The summed E-state index contributed by atoms with van der Waals surface area (Å²) in [6.45, 7) is 6.23. The zero-order chi connectivity index (χ0) is 14.3. The van der Waals surface area contributed by atoms with Crippen molar-refractivity contribution in [3.05, 3.63) is 58.3 Å². The highest BCUT2D eigenvalue weighted by atomic mass is 16.2. The monoisotopic (exact) mass is 267 g/mol. The van der Waals surface area contributed by atoms with E-state index < -0.39 is 0 Å². The van der Waals surface area contributed by atoms with Crippen LogP contribution in [0, 0.1) is 20.8 Å². The Kier molecular flexibility index (Phi) is 2.93. The molecule has 1 aromatic heterocycles.